The number of aliphatic hydroxyl groups is 2. The van der Waals surface area contributed by atoms with E-state index in [2.05, 4.69) is 0 Å². The second kappa shape index (κ2) is 10.2. The summed E-state index contributed by atoms with van der Waals surface area (Å²) in [6, 6.07) is 15.7. The van der Waals surface area contributed by atoms with Crippen molar-refractivity contribution in [3.63, 3.8) is 0 Å². The van der Waals surface area contributed by atoms with E-state index in [1.165, 1.54) is 0 Å². The number of carbonyl (C=O) groups is 2. The molecule has 1 atom stereocenters. The first-order valence-corrected chi connectivity index (χ1v) is 8.27. The molecule has 2 aromatic rings. The van der Waals surface area contributed by atoms with E-state index in [0.717, 1.165) is 0 Å². The molecule has 0 aromatic heterocycles. The van der Waals surface area contributed by atoms with Gasteiger partial charge < -0.3 is 20.7 Å². The Bertz CT molecular complexity index is 762. The van der Waals surface area contributed by atoms with Crippen molar-refractivity contribution in [3.8, 4) is 0 Å². The molecule has 27 heavy (non-hydrogen) atoms. The number of hydrogen-bond donors (Lipinski definition) is 3. The van der Waals surface area contributed by atoms with E-state index in [1.807, 2.05) is 6.07 Å². The molecule has 6 nitrogen and oxygen atoms in total. The summed E-state index contributed by atoms with van der Waals surface area (Å²) in [5.74, 6) is -1.30. The van der Waals surface area contributed by atoms with Crippen molar-refractivity contribution >= 4 is 24.2 Å². The van der Waals surface area contributed by atoms with Crippen molar-refractivity contribution in [1.82, 2.24) is 0 Å². The lowest BCUT2D eigenvalue weighted by Gasteiger charge is -2.24. The summed E-state index contributed by atoms with van der Waals surface area (Å²) in [5.41, 5.74) is 5.99. The largest absolute Gasteiger partial charge is 0.463 e. The fourth-order valence-electron chi connectivity index (χ4n) is 2.32. The number of nitrogens with two attached hydrogens (primary N) is 1. The minimum absolute atomic E-state index is 0. The summed E-state index contributed by atoms with van der Waals surface area (Å²) in [5, 5.41) is 18.3. The van der Waals surface area contributed by atoms with Crippen LogP contribution in [0.1, 0.15) is 34.3 Å². The molecular weight excluding hydrogens is 370 g/mol. The van der Waals surface area contributed by atoms with Crippen LogP contribution in [0.15, 0.2) is 54.6 Å². The number of rotatable bonds is 8. The van der Waals surface area contributed by atoms with Crippen LogP contribution < -0.4 is 5.73 Å². The number of esters is 1. The number of carbonyl (C=O) groups excluding carboxylic acids is 2. The van der Waals surface area contributed by atoms with Crippen LogP contribution in [0.25, 0.3) is 0 Å². The molecule has 146 valence electrons. The molecule has 0 fully saturated rings. The van der Waals surface area contributed by atoms with Crippen molar-refractivity contribution in [2.24, 2.45) is 5.73 Å². The van der Waals surface area contributed by atoms with Crippen molar-refractivity contribution in [2.75, 3.05) is 19.8 Å². The lowest BCUT2D eigenvalue weighted by atomic mass is 9.95. The lowest BCUT2D eigenvalue weighted by Crippen LogP contribution is -2.52. The first kappa shape index (κ1) is 22.8. The Balaban J connectivity index is 0.00000364. The van der Waals surface area contributed by atoms with E-state index in [1.54, 1.807) is 55.5 Å². The number of hydrogen-bond acceptors (Lipinski definition) is 6. The number of benzene rings is 2. The number of aliphatic hydroxyl groups excluding tert-OH is 2. The Labute approximate surface area is 164 Å². The van der Waals surface area contributed by atoms with Gasteiger partial charge in [-0.05, 0) is 18.6 Å². The summed E-state index contributed by atoms with van der Waals surface area (Å²) < 4.78 is 5.12. The Kier molecular flexibility index (Phi) is 8.59. The van der Waals surface area contributed by atoms with Crippen LogP contribution >= 0.6 is 12.4 Å². The molecule has 2 aromatic carbocycles. The molecule has 0 aliphatic heterocycles. The van der Waals surface area contributed by atoms with Gasteiger partial charge in [0.15, 0.2) is 5.78 Å². The normalized spacial score (nSPS) is 12.0. The number of ketones is 1. The van der Waals surface area contributed by atoms with Gasteiger partial charge in [-0.3, -0.25) is 9.59 Å². The molecule has 0 bridgehead atoms. The molecule has 2 rings (SSSR count). The molecule has 7 heteroatoms. The van der Waals surface area contributed by atoms with Crippen LogP contribution in [0.5, 0.6) is 0 Å². The second-order valence-electron chi connectivity index (χ2n) is 6.33. The van der Waals surface area contributed by atoms with E-state index < -0.39 is 30.6 Å². The van der Waals surface area contributed by atoms with Crippen LogP contribution in [-0.4, -0.2) is 47.3 Å². The molecule has 4 N–H and O–H groups in total. The second-order valence-corrected chi connectivity index (χ2v) is 6.33. The molecule has 0 aliphatic rings. The Morgan fingerprint density at radius 3 is 2.22 bits per heavy atom. The third kappa shape index (κ3) is 5.87. The molecule has 0 saturated carbocycles. The van der Waals surface area contributed by atoms with E-state index in [0.29, 0.717) is 16.7 Å². The predicted octanol–water partition coefficient (Wildman–Crippen LogP) is 1.67. The summed E-state index contributed by atoms with van der Waals surface area (Å²) in [4.78, 5) is 24.8. The highest BCUT2D eigenvalue weighted by Gasteiger charge is 2.27. The molecule has 0 radical (unpaired) electrons. The van der Waals surface area contributed by atoms with Gasteiger partial charge >= 0.3 is 5.97 Å². The highest BCUT2D eigenvalue weighted by molar-refractivity contribution is 6.09. The van der Waals surface area contributed by atoms with E-state index in [4.69, 9.17) is 20.7 Å². The Morgan fingerprint density at radius 2 is 1.63 bits per heavy atom. The quantitative estimate of drug-likeness (QED) is 0.465. The smallest absolute Gasteiger partial charge is 0.313 e. The van der Waals surface area contributed by atoms with Crippen LogP contribution in [0.3, 0.4) is 0 Å². The summed E-state index contributed by atoms with van der Waals surface area (Å²) in [6.45, 7) is 0.342. The molecular formula is C20H24ClNO5. The van der Waals surface area contributed by atoms with Crippen LogP contribution in [0, 0.1) is 0 Å². The molecule has 0 aliphatic carbocycles. The average molecular weight is 394 g/mol. The third-order valence-corrected chi connectivity index (χ3v) is 4.17. The van der Waals surface area contributed by atoms with Crippen molar-refractivity contribution in [3.05, 3.63) is 71.3 Å². The van der Waals surface area contributed by atoms with Gasteiger partial charge in [-0.2, -0.15) is 0 Å². The van der Waals surface area contributed by atoms with E-state index in [-0.39, 0.29) is 24.8 Å². The summed E-state index contributed by atoms with van der Waals surface area (Å²) in [7, 11) is 0. The van der Waals surface area contributed by atoms with Crippen molar-refractivity contribution < 1.29 is 24.5 Å². The fourth-order valence-corrected chi connectivity index (χ4v) is 2.32. The maximum Gasteiger partial charge on any atom is 0.313 e. The number of halogens is 1. The van der Waals surface area contributed by atoms with Crippen molar-refractivity contribution in [1.29, 1.82) is 0 Å². The minimum Gasteiger partial charge on any atom is -0.463 e. The van der Waals surface area contributed by atoms with Gasteiger partial charge in [-0.25, -0.2) is 0 Å². The zero-order valence-corrected chi connectivity index (χ0v) is 15.8. The first-order chi connectivity index (χ1) is 12.4. The molecule has 1 unspecified atom stereocenters. The summed E-state index contributed by atoms with van der Waals surface area (Å²) in [6.07, 6.45) is 0. The first-order valence-electron chi connectivity index (χ1n) is 8.27. The predicted molar refractivity (Wildman–Crippen MR) is 104 cm³/mol. The summed E-state index contributed by atoms with van der Waals surface area (Å²) >= 11 is 0. The minimum atomic E-state index is -1.37. The zero-order valence-electron chi connectivity index (χ0n) is 15.0. The maximum absolute atomic E-state index is 12.5. The van der Waals surface area contributed by atoms with Gasteiger partial charge in [0.05, 0.1) is 24.7 Å². The highest BCUT2D eigenvalue weighted by Crippen LogP contribution is 2.20. The SMILES string of the molecule is CC(C(=O)OCC(N)(CO)CO)c1cccc(C(=O)c2ccccc2)c1.Cl. The standard InChI is InChI=1S/C20H23NO5.ClH/c1-14(19(25)26-13-20(21,11-22)12-23)16-8-5-9-17(10-16)18(24)15-6-3-2-4-7-15;/h2-10,14,22-23H,11-13,21H2,1H3;1H. The van der Waals surface area contributed by atoms with Crippen LogP contribution in [-0.2, 0) is 9.53 Å². The van der Waals surface area contributed by atoms with Gasteiger partial charge in [-0.1, -0.05) is 48.5 Å². The Hall–Kier alpha value is -2.25. The third-order valence-electron chi connectivity index (χ3n) is 4.17. The molecule has 0 heterocycles. The Morgan fingerprint density at radius 1 is 1.04 bits per heavy atom. The van der Waals surface area contributed by atoms with Gasteiger partial charge in [0.2, 0.25) is 0 Å². The fraction of sp³-hybridized carbons (Fsp3) is 0.300. The highest BCUT2D eigenvalue weighted by atomic mass is 35.5. The van der Waals surface area contributed by atoms with Gasteiger partial charge in [0.1, 0.15) is 6.61 Å². The average Bonchev–Trinajstić information content (AvgIpc) is 2.71. The van der Waals surface area contributed by atoms with Crippen molar-refractivity contribution in [2.45, 2.75) is 18.4 Å². The van der Waals surface area contributed by atoms with E-state index in [9.17, 15) is 9.59 Å². The van der Waals surface area contributed by atoms with E-state index >= 15 is 0 Å². The molecule has 0 spiro atoms. The van der Waals surface area contributed by atoms with Gasteiger partial charge in [-0.15, -0.1) is 12.4 Å². The van der Waals surface area contributed by atoms with Crippen LogP contribution in [0.2, 0.25) is 0 Å². The maximum atomic E-state index is 12.5. The zero-order chi connectivity index (χ0) is 19.2. The monoisotopic (exact) mass is 393 g/mol. The van der Waals surface area contributed by atoms with Crippen LogP contribution in [0.4, 0.5) is 0 Å². The topological polar surface area (TPSA) is 110 Å². The molecule has 0 amide bonds. The number of ether oxygens (including phenoxy) is 1. The lowest BCUT2D eigenvalue weighted by molar-refractivity contribution is -0.148. The molecule has 0 saturated heterocycles. The van der Waals surface area contributed by atoms with Gasteiger partial charge in [0, 0.05) is 11.1 Å². The van der Waals surface area contributed by atoms with Gasteiger partial charge in [0.25, 0.3) is 0 Å².